The van der Waals surface area contributed by atoms with Crippen molar-refractivity contribution in [3.05, 3.63) is 40.7 Å². The lowest BCUT2D eigenvalue weighted by Gasteiger charge is -2.06. The Hall–Kier alpha value is -2.30. The van der Waals surface area contributed by atoms with Crippen LogP contribution in [0, 0.1) is 0 Å². The molecule has 5 nitrogen and oxygen atoms in total. The highest BCUT2D eigenvalue weighted by atomic mass is 16.4. The zero-order valence-corrected chi connectivity index (χ0v) is 9.77. The number of nitrogens with one attached hydrogen (secondary N) is 2. The number of rotatable bonds is 5. The Morgan fingerprint density at radius 2 is 2.11 bits per heavy atom. The van der Waals surface area contributed by atoms with E-state index in [-0.39, 0.29) is 12.0 Å². The lowest BCUT2D eigenvalue weighted by molar-refractivity contribution is -0.137. The second kappa shape index (κ2) is 5.35. The highest BCUT2D eigenvalue weighted by Gasteiger charge is 2.01. The molecule has 0 fully saturated rings. The summed E-state index contributed by atoms with van der Waals surface area (Å²) in [5.41, 5.74) is -0.145. The Balaban J connectivity index is 2.10. The zero-order valence-electron chi connectivity index (χ0n) is 9.77. The van der Waals surface area contributed by atoms with E-state index in [0.29, 0.717) is 24.2 Å². The van der Waals surface area contributed by atoms with Crippen LogP contribution >= 0.6 is 0 Å². The molecule has 0 aliphatic carbocycles. The first kappa shape index (κ1) is 12.2. The van der Waals surface area contributed by atoms with E-state index < -0.39 is 5.97 Å². The molecule has 0 amide bonds. The van der Waals surface area contributed by atoms with Crippen LogP contribution in [0.3, 0.4) is 0 Å². The molecule has 2 aromatic rings. The molecule has 0 saturated carbocycles. The molecule has 5 heteroatoms. The van der Waals surface area contributed by atoms with Crippen molar-refractivity contribution in [2.75, 3.05) is 11.9 Å². The molecule has 3 N–H and O–H groups in total. The molecule has 0 atom stereocenters. The predicted octanol–water partition coefficient (Wildman–Crippen LogP) is 1.80. The summed E-state index contributed by atoms with van der Waals surface area (Å²) in [6.07, 6.45) is 0.634. The van der Waals surface area contributed by atoms with Gasteiger partial charge in [0.25, 0.3) is 5.56 Å². The van der Waals surface area contributed by atoms with E-state index in [9.17, 15) is 9.59 Å². The Kier molecular flexibility index (Phi) is 3.62. The van der Waals surface area contributed by atoms with Crippen LogP contribution in [0.25, 0.3) is 10.8 Å². The van der Waals surface area contributed by atoms with E-state index in [1.807, 2.05) is 24.3 Å². The first-order valence-corrected chi connectivity index (χ1v) is 5.74. The van der Waals surface area contributed by atoms with E-state index in [1.54, 1.807) is 6.07 Å². The molecule has 2 rings (SSSR count). The Morgan fingerprint density at radius 1 is 1.33 bits per heavy atom. The molecule has 0 saturated heterocycles. The molecule has 18 heavy (non-hydrogen) atoms. The fourth-order valence-electron chi connectivity index (χ4n) is 1.77. The average molecular weight is 246 g/mol. The third-order valence-electron chi connectivity index (χ3n) is 2.64. The monoisotopic (exact) mass is 246 g/mol. The maximum Gasteiger partial charge on any atom is 0.303 e. The molecule has 0 spiro atoms. The minimum absolute atomic E-state index is 0.116. The number of hydrogen-bond acceptors (Lipinski definition) is 3. The van der Waals surface area contributed by atoms with Crippen molar-refractivity contribution in [3.63, 3.8) is 0 Å². The van der Waals surface area contributed by atoms with Crippen LogP contribution in [0.5, 0.6) is 0 Å². The van der Waals surface area contributed by atoms with Crippen LogP contribution in [0.2, 0.25) is 0 Å². The third-order valence-corrected chi connectivity index (χ3v) is 2.64. The van der Waals surface area contributed by atoms with E-state index >= 15 is 0 Å². The first-order valence-electron chi connectivity index (χ1n) is 5.74. The van der Waals surface area contributed by atoms with E-state index in [2.05, 4.69) is 10.3 Å². The van der Waals surface area contributed by atoms with Gasteiger partial charge in [0.05, 0.1) is 0 Å². The number of hydrogen-bond donors (Lipinski definition) is 3. The van der Waals surface area contributed by atoms with Gasteiger partial charge in [-0.15, -0.1) is 0 Å². The second-order valence-corrected chi connectivity index (χ2v) is 4.02. The molecule has 94 valence electrons. The van der Waals surface area contributed by atoms with E-state index in [1.165, 1.54) is 0 Å². The molecular weight excluding hydrogens is 232 g/mol. The van der Waals surface area contributed by atoms with Crippen molar-refractivity contribution in [3.8, 4) is 0 Å². The Morgan fingerprint density at radius 3 is 2.89 bits per heavy atom. The summed E-state index contributed by atoms with van der Waals surface area (Å²) in [5.74, 6) is -0.201. The number of pyridine rings is 1. The standard InChI is InChI=1S/C13H14N2O3/c16-12(17)6-3-7-14-11-8-9-4-1-2-5-10(9)13(18)15-11/h1-2,4-5,8H,3,6-7H2,(H,16,17)(H2,14,15,18). The van der Waals surface area contributed by atoms with Gasteiger partial charge in [-0.3, -0.25) is 9.59 Å². The second-order valence-electron chi connectivity index (χ2n) is 4.02. The molecule has 1 aromatic heterocycles. The van der Waals surface area contributed by atoms with Gasteiger partial charge in [-0.1, -0.05) is 18.2 Å². The van der Waals surface area contributed by atoms with Crippen LogP contribution in [0.4, 0.5) is 5.82 Å². The van der Waals surface area contributed by atoms with Crippen LogP contribution in [0.1, 0.15) is 12.8 Å². The van der Waals surface area contributed by atoms with E-state index in [0.717, 1.165) is 5.39 Å². The van der Waals surface area contributed by atoms with Gasteiger partial charge in [0, 0.05) is 18.4 Å². The minimum atomic E-state index is -0.816. The molecule has 1 aromatic carbocycles. The van der Waals surface area contributed by atoms with Crippen LogP contribution in [-0.2, 0) is 4.79 Å². The maximum absolute atomic E-state index is 11.8. The highest BCUT2D eigenvalue weighted by molar-refractivity contribution is 5.83. The van der Waals surface area contributed by atoms with Gasteiger partial charge in [-0.05, 0) is 23.9 Å². The number of carbonyl (C=O) groups is 1. The van der Waals surface area contributed by atoms with Gasteiger partial charge in [0.2, 0.25) is 0 Å². The number of carboxylic acid groups (broad SMARTS) is 1. The highest BCUT2D eigenvalue weighted by Crippen LogP contribution is 2.12. The summed E-state index contributed by atoms with van der Waals surface area (Å²) in [6.45, 7) is 0.514. The van der Waals surface area contributed by atoms with Gasteiger partial charge in [-0.25, -0.2) is 0 Å². The first-order chi connectivity index (χ1) is 8.66. The smallest absolute Gasteiger partial charge is 0.303 e. The Bertz CT molecular complexity index is 619. The van der Waals surface area contributed by atoms with Gasteiger partial charge in [0.15, 0.2) is 0 Å². The molecule has 0 unspecified atom stereocenters. The van der Waals surface area contributed by atoms with Crippen molar-refractivity contribution in [2.45, 2.75) is 12.8 Å². The van der Waals surface area contributed by atoms with Gasteiger partial charge >= 0.3 is 5.97 Å². The van der Waals surface area contributed by atoms with Crippen molar-refractivity contribution in [1.29, 1.82) is 0 Å². The van der Waals surface area contributed by atoms with Gasteiger partial charge in [-0.2, -0.15) is 0 Å². The van der Waals surface area contributed by atoms with Gasteiger partial charge < -0.3 is 15.4 Å². The van der Waals surface area contributed by atoms with Crippen molar-refractivity contribution in [2.24, 2.45) is 0 Å². The van der Waals surface area contributed by atoms with Crippen molar-refractivity contribution < 1.29 is 9.90 Å². The quantitative estimate of drug-likeness (QED) is 0.702. The number of fused-ring (bicyclic) bond motifs is 1. The zero-order chi connectivity index (χ0) is 13.0. The van der Waals surface area contributed by atoms with Crippen LogP contribution in [0.15, 0.2) is 35.1 Å². The third kappa shape index (κ3) is 2.88. The van der Waals surface area contributed by atoms with Crippen molar-refractivity contribution in [1.82, 2.24) is 4.98 Å². The normalized spacial score (nSPS) is 10.4. The number of anilines is 1. The van der Waals surface area contributed by atoms with Crippen molar-refractivity contribution >= 4 is 22.6 Å². The number of carboxylic acids is 1. The number of aliphatic carboxylic acids is 1. The maximum atomic E-state index is 11.8. The fourth-order valence-corrected chi connectivity index (χ4v) is 1.77. The van der Waals surface area contributed by atoms with Crippen LogP contribution in [-0.4, -0.2) is 22.6 Å². The molecule has 0 aliphatic rings. The Labute approximate surface area is 103 Å². The molecule has 1 heterocycles. The summed E-state index contributed by atoms with van der Waals surface area (Å²) in [7, 11) is 0. The van der Waals surface area contributed by atoms with E-state index in [4.69, 9.17) is 5.11 Å². The molecular formula is C13H14N2O3. The van der Waals surface area contributed by atoms with Gasteiger partial charge in [0.1, 0.15) is 5.82 Å². The number of benzene rings is 1. The number of aromatic amines is 1. The number of aromatic nitrogens is 1. The topological polar surface area (TPSA) is 82.2 Å². The summed E-state index contributed by atoms with van der Waals surface area (Å²) < 4.78 is 0. The predicted molar refractivity (Wildman–Crippen MR) is 69.9 cm³/mol. The summed E-state index contributed by atoms with van der Waals surface area (Å²) >= 11 is 0. The summed E-state index contributed by atoms with van der Waals surface area (Å²) in [5, 5.41) is 13.0. The fraction of sp³-hybridized carbons (Fsp3) is 0.231. The summed E-state index contributed by atoms with van der Waals surface area (Å²) in [6, 6.07) is 9.17. The molecule has 0 aliphatic heterocycles. The minimum Gasteiger partial charge on any atom is -0.481 e. The number of H-pyrrole nitrogens is 1. The largest absolute Gasteiger partial charge is 0.481 e. The molecule has 0 radical (unpaired) electrons. The molecule has 0 bridgehead atoms. The lowest BCUT2D eigenvalue weighted by Crippen LogP contribution is -2.12. The van der Waals surface area contributed by atoms with Crippen LogP contribution < -0.4 is 10.9 Å². The average Bonchev–Trinajstić information content (AvgIpc) is 2.35. The summed E-state index contributed by atoms with van der Waals surface area (Å²) in [4.78, 5) is 24.8. The lowest BCUT2D eigenvalue weighted by atomic mass is 10.2. The SMILES string of the molecule is O=C(O)CCCNc1cc2ccccc2c(=O)[nH]1.